The zero-order valence-corrected chi connectivity index (χ0v) is 11.5. The van der Waals surface area contributed by atoms with Crippen LogP contribution in [0, 0.1) is 0 Å². The summed E-state index contributed by atoms with van der Waals surface area (Å²) in [7, 11) is 1.55. The second-order valence-corrected chi connectivity index (χ2v) is 4.74. The summed E-state index contributed by atoms with van der Waals surface area (Å²) in [6, 6.07) is 11.9. The van der Waals surface area contributed by atoms with E-state index in [0.717, 1.165) is 5.56 Å². The highest BCUT2D eigenvalue weighted by atomic mass is 16.5. The molecular formula is C17H14O4. The number of phenols is 1. The van der Waals surface area contributed by atoms with Crippen LogP contribution in [0.5, 0.6) is 17.2 Å². The maximum atomic E-state index is 12.5. The smallest absolute Gasteiger partial charge is 0.196 e. The summed E-state index contributed by atoms with van der Waals surface area (Å²) in [5, 5.41) is 9.47. The largest absolute Gasteiger partial charge is 0.508 e. The van der Waals surface area contributed by atoms with Gasteiger partial charge in [-0.3, -0.25) is 4.79 Å². The van der Waals surface area contributed by atoms with E-state index in [4.69, 9.17) is 9.47 Å². The number of carbonyl (C=O) groups excluding carboxylic acids is 1. The standard InChI is InChI=1S/C17H14O4/c1-20-14-5-6-16-15(9-14)17(19)12(10-21-16)7-11-3-2-4-13(18)8-11/h2-9,18H,10H2,1H3. The summed E-state index contributed by atoms with van der Waals surface area (Å²) in [5.74, 6) is 1.26. The summed E-state index contributed by atoms with van der Waals surface area (Å²) in [5.41, 5.74) is 1.79. The average molecular weight is 282 g/mol. The molecule has 3 rings (SSSR count). The zero-order valence-electron chi connectivity index (χ0n) is 11.5. The first-order chi connectivity index (χ1) is 10.2. The zero-order chi connectivity index (χ0) is 14.8. The van der Waals surface area contributed by atoms with E-state index in [9.17, 15) is 9.90 Å². The van der Waals surface area contributed by atoms with Crippen LogP contribution in [0.2, 0.25) is 0 Å². The molecule has 1 aliphatic rings. The van der Waals surface area contributed by atoms with Gasteiger partial charge in [0.25, 0.3) is 0 Å². The van der Waals surface area contributed by atoms with Crippen LogP contribution in [0.4, 0.5) is 0 Å². The molecule has 0 amide bonds. The maximum absolute atomic E-state index is 12.5. The Kier molecular flexibility index (Phi) is 3.36. The van der Waals surface area contributed by atoms with Crippen LogP contribution in [-0.4, -0.2) is 24.6 Å². The number of fused-ring (bicyclic) bond motifs is 1. The van der Waals surface area contributed by atoms with Crippen molar-refractivity contribution < 1.29 is 19.4 Å². The third-order valence-electron chi connectivity index (χ3n) is 3.32. The molecule has 4 heteroatoms. The predicted molar refractivity (Wildman–Crippen MR) is 78.9 cm³/mol. The van der Waals surface area contributed by atoms with Gasteiger partial charge >= 0.3 is 0 Å². The molecule has 4 nitrogen and oxygen atoms in total. The summed E-state index contributed by atoms with van der Waals surface area (Å²) in [6.07, 6.45) is 1.73. The minimum Gasteiger partial charge on any atom is -0.508 e. The normalized spacial score (nSPS) is 15.5. The van der Waals surface area contributed by atoms with E-state index in [1.54, 1.807) is 49.6 Å². The lowest BCUT2D eigenvalue weighted by Crippen LogP contribution is -2.19. The molecule has 0 unspecified atom stereocenters. The molecule has 106 valence electrons. The maximum Gasteiger partial charge on any atom is 0.196 e. The van der Waals surface area contributed by atoms with Crippen LogP contribution < -0.4 is 9.47 Å². The van der Waals surface area contributed by atoms with Crippen LogP contribution >= 0.6 is 0 Å². The topological polar surface area (TPSA) is 55.8 Å². The van der Waals surface area contributed by atoms with Crippen molar-refractivity contribution in [1.82, 2.24) is 0 Å². The molecule has 1 aliphatic heterocycles. The van der Waals surface area contributed by atoms with Gasteiger partial charge in [-0.05, 0) is 42.0 Å². The van der Waals surface area contributed by atoms with Crippen molar-refractivity contribution >= 4 is 11.9 Å². The highest BCUT2D eigenvalue weighted by Gasteiger charge is 2.23. The fraction of sp³-hybridized carbons (Fsp3) is 0.118. The molecule has 1 N–H and O–H groups in total. The van der Waals surface area contributed by atoms with Gasteiger partial charge in [0.2, 0.25) is 0 Å². The summed E-state index contributed by atoms with van der Waals surface area (Å²) in [4.78, 5) is 12.5. The molecule has 0 spiro atoms. The molecule has 0 aromatic heterocycles. The van der Waals surface area contributed by atoms with Crippen molar-refractivity contribution in [2.45, 2.75) is 0 Å². The number of methoxy groups -OCH3 is 1. The lowest BCUT2D eigenvalue weighted by molar-refractivity contribution is 0.100. The number of phenolic OH excluding ortho intramolecular Hbond substituents is 1. The van der Waals surface area contributed by atoms with Crippen molar-refractivity contribution in [3.63, 3.8) is 0 Å². The molecule has 2 aromatic carbocycles. The quantitative estimate of drug-likeness (QED) is 0.860. The highest BCUT2D eigenvalue weighted by Crippen LogP contribution is 2.31. The van der Waals surface area contributed by atoms with Gasteiger partial charge in [-0.2, -0.15) is 0 Å². The molecule has 0 fully saturated rings. The van der Waals surface area contributed by atoms with E-state index in [1.807, 2.05) is 6.07 Å². The fourth-order valence-electron chi connectivity index (χ4n) is 2.26. The molecule has 1 heterocycles. The van der Waals surface area contributed by atoms with Crippen LogP contribution in [0.3, 0.4) is 0 Å². The number of Topliss-reactive ketones (excluding diaryl/α,β-unsaturated/α-hetero) is 1. The van der Waals surface area contributed by atoms with Gasteiger partial charge in [-0.25, -0.2) is 0 Å². The lowest BCUT2D eigenvalue weighted by Gasteiger charge is -2.19. The van der Waals surface area contributed by atoms with E-state index < -0.39 is 0 Å². The van der Waals surface area contributed by atoms with Crippen molar-refractivity contribution in [3.05, 3.63) is 59.2 Å². The van der Waals surface area contributed by atoms with E-state index in [0.29, 0.717) is 22.6 Å². The Labute approximate surface area is 122 Å². The van der Waals surface area contributed by atoms with Crippen LogP contribution in [0.1, 0.15) is 15.9 Å². The molecular weight excluding hydrogens is 268 g/mol. The van der Waals surface area contributed by atoms with Crippen LogP contribution in [0.15, 0.2) is 48.0 Å². The summed E-state index contributed by atoms with van der Waals surface area (Å²) < 4.78 is 10.7. The van der Waals surface area contributed by atoms with E-state index in [2.05, 4.69) is 0 Å². The first-order valence-corrected chi connectivity index (χ1v) is 6.52. The second-order valence-electron chi connectivity index (χ2n) is 4.74. The van der Waals surface area contributed by atoms with Crippen molar-refractivity contribution in [2.75, 3.05) is 13.7 Å². The predicted octanol–water partition coefficient (Wildman–Crippen LogP) is 3.06. The molecule has 2 aromatic rings. The molecule has 0 aliphatic carbocycles. The van der Waals surface area contributed by atoms with Crippen LogP contribution in [0.25, 0.3) is 6.08 Å². The second kappa shape index (κ2) is 5.32. The van der Waals surface area contributed by atoms with Crippen molar-refractivity contribution in [1.29, 1.82) is 0 Å². The number of hydrogen-bond donors (Lipinski definition) is 1. The first kappa shape index (κ1) is 13.2. The Hall–Kier alpha value is -2.75. The number of aromatic hydroxyl groups is 1. The van der Waals surface area contributed by atoms with E-state index in [-0.39, 0.29) is 18.1 Å². The Balaban J connectivity index is 1.98. The SMILES string of the molecule is COc1ccc2c(c1)C(=O)C(=Cc1cccc(O)c1)CO2. The van der Waals surface area contributed by atoms with Gasteiger partial charge in [0.05, 0.1) is 12.7 Å². The molecule has 0 bridgehead atoms. The van der Waals surface area contributed by atoms with Gasteiger partial charge in [0.15, 0.2) is 5.78 Å². The van der Waals surface area contributed by atoms with Gasteiger partial charge in [0, 0.05) is 5.57 Å². The van der Waals surface area contributed by atoms with Gasteiger partial charge in [0.1, 0.15) is 23.9 Å². The fourth-order valence-corrected chi connectivity index (χ4v) is 2.26. The number of benzene rings is 2. The summed E-state index contributed by atoms with van der Waals surface area (Å²) >= 11 is 0. The molecule has 21 heavy (non-hydrogen) atoms. The van der Waals surface area contributed by atoms with Crippen molar-refractivity contribution in [2.24, 2.45) is 0 Å². The minimum absolute atomic E-state index is 0.0847. The third kappa shape index (κ3) is 2.60. The third-order valence-corrected chi connectivity index (χ3v) is 3.32. The van der Waals surface area contributed by atoms with E-state index >= 15 is 0 Å². The Morgan fingerprint density at radius 2 is 2.10 bits per heavy atom. The average Bonchev–Trinajstić information content (AvgIpc) is 2.50. The number of ketones is 1. The van der Waals surface area contributed by atoms with Crippen molar-refractivity contribution in [3.8, 4) is 17.2 Å². The van der Waals surface area contributed by atoms with E-state index in [1.165, 1.54) is 0 Å². The molecule has 0 radical (unpaired) electrons. The first-order valence-electron chi connectivity index (χ1n) is 6.52. The van der Waals surface area contributed by atoms with Crippen LogP contribution in [-0.2, 0) is 0 Å². The molecule has 0 atom stereocenters. The van der Waals surface area contributed by atoms with Gasteiger partial charge in [-0.1, -0.05) is 12.1 Å². The number of carbonyl (C=O) groups is 1. The highest BCUT2D eigenvalue weighted by molar-refractivity contribution is 6.14. The number of rotatable bonds is 2. The Morgan fingerprint density at radius 1 is 1.24 bits per heavy atom. The lowest BCUT2D eigenvalue weighted by atomic mass is 9.98. The number of hydrogen-bond acceptors (Lipinski definition) is 4. The Bertz CT molecular complexity index is 731. The number of ether oxygens (including phenoxy) is 2. The monoisotopic (exact) mass is 282 g/mol. The molecule has 0 saturated carbocycles. The van der Waals surface area contributed by atoms with Gasteiger partial charge < -0.3 is 14.6 Å². The van der Waals surface area contributed by atoms with Gasteiger partial charge in [-0.15, -0.1) is 0 Å². The Morgan fingerprint density at radius 3 is 2.86 bits per heavy atom. The summed E-state index contributed by atoms with van der Waals surface area (Å²) in [6.45, 7) is 0.216. The minimum atomic E-state index is -0.0847. The molecule has 0 saturated heterocycles.